The quantitative estimate of drug-likeness (QED) is 0.408. The zero-order chi connectivity index (χ0) is 5.54. The molecule has 0 aliphatic carbocycles. The predicted molar refractivity (Wildman–Crippen MR) is 31.5 cm³/mol. The van der Waals surface area contributed by atoms with Crippen molar-refractivity contribution in [2.24, 2.45) is 0 Å². The average molecular weight is 121 g/mol. The Bertz CT molecular complexity index is 52.0. The standard InChI is InChI=1S/C5H9ClO/c1-2-7-5-3-4-6/h3,5H,2,4H2,1H3/b5-3+. The Morgan fingerprint density at radius 3 is 2.86 bits per heavy atom. The Hall–Kier alpha value is -0.170. The maximum Gasteiger partial charge on any atom is 0.0845 e. The SMILES string of the molecule is CCO/C=C/CCl. The van der Waals surface area contributed by atoms with Gasteiger partial charge in [-0.3, -0.25) is 0 Å². The van der Waals surface area contributed by atoms with Gasteiger partial charge in [0.25, 0.3) is 0 Å². The second kappa shape index (κ2) is 5.83. The summed E-state index contributed by atoms with van der Waals surface area (Å²) < 4.78 is 4.81. The molecule has 0 fully saturated rings. The molecule has 0 atom stereocenters. The second-order valence-corrected chi connectivity index (χ2v) is 1.29. The molecule has 0 bridgehead atoms. The molecular weight excluding hydrogens is 112 g/mol. The Morgan fingerprint density at radius 1 is 1.71 bits per heavy atom. The lowest BCUT2D eigenvalue weighted by molar-refractivity contribution is 0.269. The summed E-state index contributed by atoms with van der Waals surface area (Å²) in [5.41, 5.74) is 0. The highest BCUT2D eigenvalue weighted by atomic mass is 35.5. The second-order valence-electron chi connectivity index (χ2n) is 0.981. The Kier molecular flexibility index (Phi) is 5.69. The van der Waals surface area contributed by atoms with Crippen LogP contribution in [-0.4, -0.2) is 12.5 Å². The van der Waals surface area contributed by atoms with Gasteiger partial charge in [-0.15, -0.1) is 11.6 Å². The van der Waals surface area contributed by atoms with E-state index in [1.807, 2.05) is 6.92 Å². The molecule has 0 heterocycles. The van der Waals surface area contributed by atoms with Crippen molar-refractivity contribution >= 4 is 11.6 Å². The monoisotopic (exact) mass is 120 g/mol. The minimum atomic E-state index is 0.528. The van der Waals surface area contributed by atoms with Gasteiger partial charge in [-0.2, -0.15) is 0 Å². The minimum Gasteiger partial charge on any atom is -0.502 e. The fourth-order valence-electron chi connectivity index (χ4n) is 0.201. The average Bonchev–Trinajstić information content (AvgIpc) is 1.69. The predicted octanol–water partition coefficient (Wildman–Crippen LogP) is 1.78. The highest BCUT2D eigenvalue weighted by Gasteiger charge is 1.66. The van der Waals surface area contributed by atoms with E-state index in [1.165, 1.54) is 0 Å². The zero-order valence-electron chi connectivity index (χ0n) is 4.36. The number of rotatable bonds is 3. The highest BCUT2D eigenvalue weighted by Crippen LogP contribution is 1.78. The molecule has 2 heteroatoms. The number of ether oxygens (including phenoxy) is 1. The highest BCUT2D eigenvalue weighted by molar-refractivity contribution is 6.18. The van der Waals surface area contributed by atoms with Crippen LogP contribution >= 0.6 is 11.6 Å². The van der Waals surface area contributed by atoms with Crippen LogP contribution in [-0.2, 0) is 4.74 Å². The largest absolute Gasteiger partial charge is 0.502 e. The fraction of sp³-hybridized carbons (Fsp3) is 0.600. The zero-order valence-corrected chi connectivity index (χ0v) is 5.11. The van der Waals surface area contributed by atoms with Crippen molar-refractivity contribution in [1.29, 1.82) is 0 Å². The first-order valence-electron chi connectivity index (χ1n) is 2.24. The Balaban J connectivity index is 2.78. The molecule has 1 nitrogen and oxygen atoms in total. The van der Waals surface area contributed by atoms with Crippen molar-refractivity contribution in [3.63, 3.8) is 0 Å². The maximum absolute atomic E-state index is 5.27. The van der Waals surface area contributed by atoms with E-state index in [0.29, 0.717) is 12.5 Å². The normalized spacial score (nSPS) is 10.0. The summed E-state index contributed by atoms with van der Waals surface area (Å²) >= 11 is 5.27. The lowest BCUT2D eigenvalue weighted by Crippen LogP contribution is -1.75. The van der Waals surface area contributed by atoms with Gasteiger partial charge in [0, 0.05) is 5.88 Å². The lowest BCUT2D eigenvalue weighted by atomic mass is 10.7. The van der Waals surface area contributed by atoms with E-state index in [-0.39, 0.29) is 0 Å². The molecular formula is C5H9ClO. The third-order valence-corrected chi connectivity index (χ3v) is 0.626. The van der Waals surface area contributed by atoms with E-state index in [2.05, 4.69) is 0 Å². The van der Waals surface area contributed by atoms with Gasteiger partial charge >= 0.3 is 0 Å². The van der Waals surface area contributed by atoms with Gasteiger partial charge < -0.3 is 4.74 Å². The molecule has 0 unspecified atom stereocenters. The van der Waals surface area contributed by atoms with Gasteiger partial charge in [-0.05, 0) is 13.0 Å². The summed E-state index contributed by atoms with van der Waals surface area (Å²) in [6.07, 6.45) is 3.36. The van der Waals surface area contributed by atoms with Gasteiger partial charge in [0.2, 0.25) is 0 Å². The van der Waals surface area contributed by atoms with Crippen LogP contribution in [0.15, 0.2) is 12.3 Å². The van der Waals surface area contributed by atoms with Crippen LogP contribution in [0.1, 0.15) is 6.92 Å². The van der Waals surface area contributed by atoms with Crippen LogP contribution < -0.4 is 0 Å². The van der Waals surface area contributed by atoms with Gasteiger partial charge in [-0.1, -0.05) is 0 Å². The van der Waals surface area contributed by atoms with Gasteiger partial charge in [0.05, 0.1) is 12.9 Å². The Labute approximate surface area is 48.9 Å². The molecule has 42 valence electrons. The molecule has 0 N–H and O–H groups in total. The number of allylic oxidation sites excluding steroid dienone is 1. The molecule has 0 amide bonds. The molecule has 0 aliphatic rings. The third-order valence-electron chi connectivity index (χ3n) is 0.448. The van der Waals surface area contributed by atoms with Gasteiger partial charge in [-0.25, -0.2) is 0 Å². The maximum atomic E-state index is 5.27. The van der Waals surface area contributed by atoms with E-state index in [0.717, 1.165) is 0 Å². The molecule has 0 saturated heterocycles. The van der Waals surface area contributed by atoms with E-state index < -0.39 is 0 Å². The van der Waals surface area contributed by atoms with Crippen LogP contribution in [0.25, 0.3) is 0 Å². The topological polar surface area (TPSA) is 9.23 Å². The summed E-state index contributed by atoms with van der Waals surface area (Å²) in [5, 5.41) is 0. The van der Waals surface area contributed by atoms with Crippen molar-refractivity contribution in [3.8, 4) is 0 Å². The summed E-state index contributed by atoms with van der Waals surface area (Å²) in [6, 6.07) is 0. The van der Waals surface area contributed by atoms with Gasteiger partial charge in [0.1, 0.15) is 0 Å². The molecule has 0 radical (unpaired) electrons. The van der Waals surface area contributed by atoms with E-state index >= 15 is 0 Å². The Morgan fingerprint density at radius 2 is 2.43 bits per heavy atom. The molecule has 0 aromatic rings. The molecule has 0 aromatic carbocycles. The number of halogens is 1. The fourth-order valence-corrected chi connectivity index (χ4v) is 0.273. The van der Waals surface area contributed by atoms with Crippen LogP contribution in [0.5, 0.6) is 0 Å². The first-order valence-corrected chi connectivity index (χ1v) is 2.77. The first-order chi connectivity index (χ1) is 3.41. The number of hydrogen-bond acceptors (Lipinski definition) is 1. The van der Waals surface area contributed by atoms with E-state index in [4.69, 9.17) is 16.3 Å². The molecule has 0 saturated carbocycles. The molecule has 0 spiro atoms. The summed E-state index contributed by atoms with van der Waals surface area (Å²) in [6.45, 7) is 2.64. The minimum absolute atomic E-state index is 0.528. The molecule has 0 rings (SSSR count). The molecule has 7 heavy (non-hydrogen) atoms. The van der Waals surface area contributed by atoms with Crippen LogP contribution in [0.4, 0.5) is 0 Å². The molecule has 0 aromatic heterocycles. The van der Waals surface area contributed by atoms with E-state index in [1.54, 1.807) is 12.3 Å². The number of alkyl halides is 1. The van der Waals surface area contributed by atoms with Crippen LogP contribution in [0.2, 0.25) is 0 Å². The summed E-state index contributed by atoms with van der Waals surface area (Å²) in [4.78, 5) is 0. The molecule has 0 aliphatic heterocycles. The smallest absolute Gasteiger partial charge is 0.0845 e. The van der Waals surface area contributed by atoms with Crippen LogP contribution in [0, 0.1) is 0 Å². The van der Waals surface area contributed by atoms with Crippen molar-refractivity contribution in [2.45, 2.75) is 6.92 Å². The lowest BCUT2D eigenvalue weighted by Gasteiger charge is -1.87. The van der Waals surface area contributed by atoms with Gasteiger partial charge in [0.15, 0.2) is 0 Å². The summed E-state index contributed by atoms with van der Waals surface area (Å²) in [7, 11) is 0. The number of hydrogen-bond donors (Lipinski definition) is 0. The first kappa shape index (κ1) is 6.83. The van der Waals surface area contributed by atoms with E-state index in [9.17, 15) is 0 Å². The van der Waals surface area contributed by atoms with Crippen molar-refractivity contribution < 1.29 is 4.74 Å². The summed E-state index contributed by atoms with van der Waals surface area (Å²) in [5.74, 6) is 0.528. The van der Waals surface area contributed by atoms with Crippen molar-refractivity contribution in [2.75, 3.05) is 12.5 Å². The third kappa shape index (κ3) is 5.83. The van der Waals surface area contributed by atoms with Crippen LogP contribution in [0.3, 0.4) is 0 Å². The van der Waals surface area contributed by atoms with Crippen molar-refractivity contribution in [1.82, 2.24) is 0 Å². The van der Waals surface area contributed by atoms with Crippen molar-refractivity contribution in [3.05, 3.63) is 12.3 Å².